The Morgan fingerprint density at radius 2 is 1.92 bits per heavy atom. The fourth-order valence-electron chi connectivity index (χ4n) is 3.82. The van der Waals surface area contributed by atoms with E-state index in [-0.39, 0.29) is 42.9 Å². The van der Waals surface area contributed by atoms with Crippen molar-refractivity contribution in [1.82, 2.24) is 15.1 Å². The minimum atomic E-state index is -0.704. The lowest BCUT2D eigenvalue weighted by Gasteiger charge is -2.15. The summed E-state index contributed by atoms with van der Waals surface area (Å²) in [6.07, 6.45) is 1.91. The number of nitrogens with one attached hydrogen (secondary N) is 1. The number of hydrogen-bond donors (Lipinski definition) is 3. The molecular weight excluding hydrogens is 477 g/mol. The minimum absolute atomic E-state index is 0. The Hall–Kier alpha value is -4.08. The molecule has 0 atom stereocenters. The van der Waals surface area contributed by atoms with E-state index in [0.717, 1.165) is 18.4 Å². The number of anilines is 1. The van der Waals surface area contributed by atoms with E-state index in [2.05, 4.69) is 10.4 Å². The Morgan fingerprint density at radius 1 is 1.19 bits per heavy atom. The molecule has 10 heteroatoms. The zero-order valence-electron chi connectivity index (χ0n) is 20.5. The summed E-state index contributed by atoms with van der Waals surface area (Å²) in [5.41, 5.74) is 14.0. The molecule has 1 saturated carbocycles. The van der Waals surface area contributed by atoms with Crippen molar-refractivity contribution in [3.05, 3.63) is 64.7 Å². The Balaban J connectivity index is 0.00000380. The molecule has 37 heavy (non-hydrogen) atoms. The van der Waals surface area contributed by atoms with Crippen LogP contribution in [0.15, 0.2) is 36.4 Å². The molecule has 2 aromatic carbocycles. The quantitative estimate of drug-likeness (QED) is 0.371. The monoisotopic (exact) mass is 511 g/mol. The Morgan fingerprint density at radius 3 is 2.54 bits per heavy atom. The van der Waals surface area contributed by atoms with Crippen molar-refractivity contribution < 1.29 is 23.5 Å². The number of nitrogen functional groups attached to an aromatic ring is 1. The Bertz CT molecular complexity index is 1300. The van der Waals surface area contributed by atoms with Gasteiger partial charge in [-0.2, -0.15) is 5.10 Å². The maximum atomic E-state index is 13.8. The first-order chi connectivity index (χ1) is 17.2. The van der Waals surface area contributed by atoms with Gasteiger partial charge in [0.2, 0.25) is 0 Å². The number of halogens is 1. The third-order valence-electron chi connectivity index (χ3n) is 5.74. The van der Waals surface area contributed by atoms with Gasteiger partial charge in [0.15, 0.2) is 5.69 Å². The summed E-state index contributed by atoms with van der Waals surface area (Å²) >= 11 is 0. The van der Waals surface area contributed by atoms with Gasteiger partial charge in [0.05, 0.1) is 29.7 Å². The lowest BCUT2D eigenvalue weighted by Crippen LogP contribution is -2.24. The molecule has 1 aromatic heterocycles. The Labute approximate surface area is 215 Å². The van der Waals surface area contributed by atoms with Crippen LogP contribution in [0, 0.1) is 5.82 Å². The standard InChI is InChI=1S/C26H30FN5O4.CH4/c1-4-35-21-11-15(5-9-19(21)32-24(25(29)33)22(28)23(31-32)14(2)3)13-30-26(34)18-12-16(27)6-10-20(18)36-17-7-8-17;/h5-6,9-12,14,17H,4,7-8,13,28H2,1-3H3,(H2,29,33)(H,30,34);1H4. The van der Waals surface area contributed by atoms with Gasteiger partial charge >= 0.3 is 0 Å². The predicted octanol–water partition coefficient (Wildman–Crippen LogP) is 4.32. The number of rotatable bonds is 10. The van der Waals surface area contributed by atoms with E-state index in [9.17, 15) is 14.0 Å². The van der Waals surface area contributed by atoms with E-state index in [1.165, 1.54) is 22.9 Å². The molecular formula is C27H34FN5O4. The topological polar surface area (TPSA) is 134 Å². The number of carbonyl (C=O) groups is 2. The maximum Gasteiger partial charge on any atom is 0.269 e. The van der Waals surface area contributed by atoms with Crippen LogP contribution in [0.5, 0.6) is 11.5 Å². The van der Waals surface area contributed by atoms with Crippen molar-refractivity contribution in [2.24, 2.45) is 5.73 Å². The van der Waals surface area contributed by atoms with Crippen molar-refractivity contribution in [3.63, 3.8) is 0 Å². The number of ether oxygens (including phenoxy) is 2. The second-order valence-corrected chi connectivity index (χ2v) is 8.95. The van der Waals surface area contributed by atoms with E-state index in [4.69, 9.17) is 20.9 Å². The first-order valence-electron chi connectivity index (χ1n) is 11.9. The van der Waals surface area contributed by atoms with Gasteiger partial charge in [-0.3, -0.25) is 9.59 Å². The third-order valence-corrected chi connectivity index (χ3v) is 5.74. The van der Waals surface area contributed by atoms with Gasteiger partial charge < -0.3 is 26.3 Å². The summed E-state index contributed by atoms with van der Waals surface area (Å²) in [5.74, 6) is -0.901. The zero-order valence-corrected chi connectivity index (χ0v) is 20.5. The van der Waals surface area contributed by atoms with Crippen molar-refractivity contribution in [1.29, 1.82) is 0 Å². The SMILES string of the molecule is C.CCOc1cc(CNC(=O)c2cc(F)ccc2OC2CC2)ccc1-n1nc(C(C)C)c(N)c1C(N)=O. The zero-order chi connectivity index (χ0) is 26.0. The van der Waals surface area contributed by atoms with Crippen LogP contribution in [-0.4, -0.2) is 34.3 Å². The van der Waals surface area contributed by atoms with Crippen LogP contribution in [0.3, 0.4) is 0 Å². The molecule has 1 aliphatic carbocycles. The number of benzene rings is 2. The van der Waals surface area contributed by atoms with Crippen LogP contribution in [-0.2, 0) is 6.54 Å². The van der Waals surface area contributed by atoms with Gasteiger partial charge in [-0.15, -0.1) is 0 Å². The van der Waals surface area contributed by atoms with E-state index in [1.807, 2.05) is 20.8 Å². The smallest absolute Gasteiger partial charge is 0.269 e. The average Bonchev–Trinajstić information content (AvgIpc) is 3.58. The molecule has 0 bridgehead atoms. The lowest BCUT2D eigenvalue weighted by atomic mass is 10.1. The van der Waals surface area contributed by atoms with Gasteiger partial charge in [-0.05, 0) is 61.6 Å². The number of carbonyl (C=O) groups excluding carboxylic acids is 2. The van der Waals surface area contributed by atoms with Crippen molar-refractivity contribution in [3.8, 4) is 17.2 Å². The van der Waals surface area contributed by atoms with E-state index < -0.39 is 17.6 Å². The molecule has 1 fully saturated rings. The number of primary amides is 1. The average molecular weight is 512 g/mol. The number of hydrogen-bond acceptors (Lipinski definition) is 6. The predicted molar refractivity (Wildman–Crippen MR) is 140 cm³/mol. The highest BCUT2D eigenvalue weighted by Crippen LogP contribution is 2.32. The first kappa shape index (κ1) is 27.5. The van der Waals surface area contributed by atoms with Crippen molar-refractivity contribution in [2.45, 2.75) is 59.6 Å². The molecule has 0 radical (unpaired) electrons. The van der Waals surface area contributed by atoms with E-state index >= 15 is 0 Å². The molecule has 198 valence electrons. The number of nitrogens with zero attached hydrogens (tertiary/aromatic N) is 2. The molecule has 4 rings (SSSR count). The number of aromatic nitrogens is 2. The third kappa shape index (κ3) is 6.02. The van der Waals surface area contributed by atoms with Gasteiger partial charge in [-0.1, -0.05) is 27.3 Å². The fourth-order valence-corrected chi connectivity index (χ4v) is 3.82. The number of nitrogens with two attached hydrogens (primary N) is 2. The maximum absolute atomic E-state index is 13.8. The van der Waals surface area contributed by atoms with Crippen molar-refractivity contribution >= 4 is 17.5 Å². The minimum Gasteiger partial charge on any atom is -0.492 e. The van der Waals surface area contributed by atoms with Crippen LogP contribution in [0.1, 0.15) is 79.1 Å². The summed E-state index contributed by atoms with van der Waals surface area (Å²) in [6.45, 7) is 6.18. The van der Waals surface area contributed by atoms with Crippen LogP contribution in [0.25, 0.3) is 5.69 Å². The molecule has 0 unspecified atom stereocenters. The summed E-state index contributed by atoms with van der Waals surface area (Å²) < 4.78 is 26.8. The lowest BCUT2D eigenvalue weighted by molar-refractivity contribution is 0.0944. The highest BCUT2D eigenvalue weighted by Gasteiger charge is 2.26. The summed E-state index contributed by atoms with van der Waals surface area (Å²) in [6, 6.07) is 9.14. The summed E-state index contributed by atoms with van der Waals surface area (Å²) in [5, 5.41) is 7.33. The molecule has 5 N–H and O–H groups in total. The molecule has 2 amide bonds. The number of amides is 2. The van der Waals surface area contributed by atoms with Crippen molar-refractivity contribution in [2.75, 3.05) is 12.3 Å². The fraction of sp³-hybridized carbons (Fsp3) is 0.370. The molecule has 3 aromatic rings. The van der Waals surface area contributed by atoms with Gasteiger partial charge in [0.1, 0.15) is 23.0 Å². The molecule has 1 heterocycles. The molecule has 1 aliphatic rings. The summed E-state index contributed by atoms with van der Waals surface area (Å²) in [7, 11) is 0. The first-order valence-corrected chi connectivity index (χ1v) is 11.9. The van der Waals surface area contributed by atoms with Crippen LogP contribution in [0.4, 0.5) is 10.1 Å². The normalized spacial score (nSPS) is 12.7. The second-order valence-electron chi connectivity index (χ2n) is 8.95. The van der Waals surface area contributed by atoms with Gasteiger partial charge in [0, 0.05) is 6.54 Å². The van der Waals surface area contributed by atoms with Gasteiger partial charge in [-0.25, -0.2) is 9.07 Å². The molecule has 0 aliphatic heterocycles. The van der Waals surface area contributed by atoms with Crippen LogP contribution in [0.2, 0.25) is 0 Å². The van der Waals surface area contributed by atoms with E-state index in [0.29, 0.717) is 29.5 Å². The highest BCUT2D eigenvalue weighted by atomic mass is 19.1. The molecule has 0 saturated heterocycles. The molecule has 0 spiro atoms. The van der Waals surface area contributed by atoms with E-state index in [1.54, 1.807) is 18.2 Å². The molecule has 9 nitrogen and oxygen atoms in total. The highest BCUT2D eigenvalue weighted by molar-refractivity contribution is 5.98. The Kier molecular flexibility index (Phi) is 8.42. The van der Waals surface area contributed by atoms with Crippen LogP contribution >= 0.6 is 0 Å². The van der Waals surface area contributed by atoms with Gasteiger partial charge in [0.25, 0.3) is 11.8 Å². The van der Waals surface area contributed by atoms with Crippen LogP contribution < -0.4 is 26.3 Å². The second kappa shape index (κ2) is 11.3. The summed E-state index contributed by atoms with van der Waals surface area (Å²) in [4.78, 5) is 25.0. The largest absolute Gasteiger partial charge is 0.492 e.